The molecule has 0 aliphatic carbocycles. The molecule has 0 amide bonds. The van der Waals surface area contributed by atoms with Gasteiger partial charge in [0.25, 0.3) is 5.56 Å². The van der Waals surface area contributed by atoms with Crippen LogP contribution in [0.1, 0.15) is 5.69 Å². The fourth-order valence-corrected chi connectivity index (χ4v) is 1.26. The third-order valence-corrected chi connectivity index (χ3v) is 1.99. The van der Waals surface area contributed by atoms with E-state index in [1.54, 1.807) is 18.3 Å². The number of nitrogens with zero attached hydrogens (tertiary/aromatic N) is 2. The average Bonchev–Trinajstić information content (AvgIpc) is 2.25. The van der Waals surface area contributed by atoms with Gasteiger partial charge in [-0.15, -0.1) is 0 Å². The summed E-state index contributed by atoms with van der Waals surface area (Å²) in [6, 6.07) is 6.66. The lowest BCUT2D eigenvalue weighted by Gasteiger charge is -2.01. The molecular formula is C10H9N3O2. The third-order valence-electron chi connectivity index (χ3n) is 1.99. The Labute approximate surface area is 85.0 Å². The van der Waals surface area contributed by atoms with Crippen molar-refractivity contribution in [3.05, 3.63) is 63.2 Å². The number of aromatic amines is 1. The molecule has 0 bridgehead atoms. The summed E-state index contributed by atoms with van der Waals surface area (Å²) < 4.78 is 1.10. The Morgan fingerprint density at radius 1 is 1.27 bits per heavy atom. The summed E-state index contributed by atoms with van der Waals surface area (Å²) in [6.07, 6.45) is 2.96. The lowest BCUT2D eigenvalue weighted by molar-refractivity contribution is 0.685. The van der Waals surface area contributed by atoms with Gasteiger partial charge in [-0.2, -0.15) is 0 Å². The Morgan fingerprint density at radius 3 is 2.80 bits per heavy atom. The van der Waals surface area contributed by atoms with E-state index in [1.807, 2.05) is 6.07 Å². The highest BCUT2D eigenvalue weighted by Crippen LogP contribution is 1.93. The molecule has 5 nitrogen and oxygen atoms in total. The first-order chi connectivity index (χ1) is 7.27. The number of hydrogen-bond acceptors (Lipinski definition) is 3. The van der Waals surface area contributed by atoms with Crippen LogP contribution in [-0.2, 0) is 6.54 Å². The van der Waals surface area contributed by atoms with Gasteiger partial charge < -0.3 is 4.98 Å². The van der Waals surface area contributed by atoms with Crippen LogP contribution in [0.25, 0.3) is 0 Å². The maximum Gasteiger partial charge on any atom is 0.328 e. The minimum Gasteiger partial charge on any atom is -0.314 e. The van der Waals surface area contributed by atoms with Gasteiger partial charge in [0.2, 0.25) is 0 Å². The van der Waals surface area contributed by atoms with E-state index in [2.05, 4.69) is 9.97 Å². The van der Waals surface area contributed by atoms with E-state index in [1.165, 1.54) is 12.3 Å². The van der Waals surface area contributed by atoms with Crippen molar-refractivity contribution in [2.45, 2.75) is 6.54 Å². The Hall–Kier alpha value is -2.17. The Morgan fingerprint density at radius 2 is 2.13 bits per heavy atom. The van der Waals surface area contributed by atoms with Crippen LogP contribution >= 0.6 is 0 Å². The number of rotatable bonds is 2. The van der Waals surface area contributed by atoms with Crippen LogP contribution in [0.2, 0.25) is 0 Å². The molecule has 0 aliphatic heterocycles. The summed E-state index contributed by atoms with van der Waals surface area (Å²) in [4.78, 5) is 29.2. The maximum atomic E-state index is 11.4. The van der Waals surface area contributed by atoms with Crippen LogP contribution in [0.4, 0.5) is 0 Å². The highest BCUT2D eigenvalue weighted by Gasteiger charge is 2.01. The second-order valence-electron chi connectivity index (χ2n) is 3.03. The fraction of sp³-hybridized carbons (Fsp3) is 0.100. The van der Waals surface area contributed by atoms with Crippen molar-refractivity contribution >= 4 is 0 Å². The molecule has 0 unspecified atom stereocenters. The minimum absolute atomic E-state index is 0.190. The molecular weight excluding hydrogens is 194 g/mol. The van der Waals surface area contributed by atoms with Crippen LogP contribution in [0.15, 0.2) is 46.2 Å². The first kappa shape index (κ1) is 9.39. The summed E-state index contributed by atoms with van der Waals surface area (Å²) in [5.41, 5.74) is -0.0751. The van der Waals surface area contributed by atoms with Gasteiger partial charge in [-0.25, -0.2) is 4.79 Å². The smallest absolute Gasteiger partial charge is 0.314 e. The van der Waals surface area contributed by atoms with E-state index in [9.17, 15) is 9.59 Å². The number of pyridine rings is 1. The number of aromatic nitrogens is 3. The summed E-state index contributed by atoms with van der Waals surface area (Å²) in [5.74, 6) is 0. The van der Waals surface area contributed by atoms with Crippen molar-refractivity contribution < 1.29 is 0 Å². The van der Waals surface area contributed by atoms with E-state index in [0.717, 1.165) is 4.57 Å². The molecule has 2 rings (SSSR count). The Kier molecular flexibility index (Phi) is 2.45. The first-order valence-corrected chi connectivity index (χ1v) is 4.46. The zero-order chi connectivity index (χ0) is 10.7. The van der Waals surface area contributed by atoms with Gasteiger partial charge in [-0.3, -0.25) is 14.3 Å². The van der Waals surface area contributed by atoms with Gasteiger partial charge in [0.15, 0.2) is 0 Å². The lowest BCUT2D eigenvalue weighted by Crippen LogP contribution is -2.34. The average molecular weight is 203 g/mol. The van der Waals surface area contributed by atoms with Crippen LogP contribution < -0.4 is 11.2 Å². The van der Waals surface area contributed by atoms with Crippen LogP contribution in [0, 0.1) is 0 Å². The quantitative estimate of drug-likeness (QED) is 0.745. The van der Waals surface area contributed by atoms with Crippen LogP contribution in [0.5, 0.6) is 0 Å². The zero-order valence-corrected chi connectivity index (χ0v) is 7.88. The van der Waals surface area contributed by atoms with E-state index in [-0.39, 0.29) is 12.1 Å². The molecule has 76 valence electrons. The third kappa shape index (κ3) is 2.01. The SMILES string of the molecule is O=c1cc[nH]c(=O)n1Cc1ccccn1. The second kappa shape index (κ2) is 3.91. The first-order valence-electron chi connectivity index (χ1n) is 4.46. The van der Waals surface area contributed by atoms with Crippen molar-refractivity contribution in [1.29, 1.82) is 0 Å². The summed E-state index contributed by atoms with van der Waals surface area (Å²) in [6.45, 7) is 0.190. The number of hydrogen-bond donors (Lipinski definition) is 1. The molecule has 2 aromatic heterocycles. The molecule has 1 N–H and O–H groups in total. The largest absolute Gasteiger partial charge is 0.328 e. The maximum absolute atomic E-state index is 11.4. The lowest BCUT2D eigenvalue weighted by atomic mass is 10.3. The van der Waals surface area contributed by atoms with Crippen LogP contribution in [0.3, 0.4) is 0 Å². The number of nitrogens with one attached hydrogen (secondary N) is 1. The summed E-state index contributed by atoms with van der Waals surface area (Å²) >= 11 is 0. The Bertz CT molecular complexity index is 528. The number of H-pyrrole nitrogens is 1. The molecule has 0 aromatic carbocycles. The van der Waals surface area contributed by atoms with Gasteiger partial charge in [0, 0.05) is 18.5 Å². The minimum atomic E-state index is -0.423. The van der Waals surface area contributed by atoms with Crippen molar-refractivity contribution in [2.75, 3.05) is 0 Å². The molecule has 2 aromatic rings. The molecule has 0 radical (unpaired) electrons. The molecule has 2 heterocycles. The van der Waals surface area contributed by atoms with Gasteiger partial charge in [-0.05, 0) is 12.1 Å². The Balaban J connectivity index is 2.41. The highest BCUT2D eigenvalue weighted by atomic mass is 16.2. The van der Waals surface area contributed by atoms with E-state index < -0.39 is 5.69 Å². The van der Waals surface area contributed by atoms with E-state index in [4.69, 9.17) is 0 Å². The second-order valence-corrected chi connectivity index (χ2v) is 3.03. The fourth-order valence-electron chi connectivity index (χ4n) is 1.26. The summed E-state index contributed by atoms with van der Waals surface area (Å²) in [7, 11) is 0. The summed E-state index contributed by atoms with van der Waals surface area (Å²) in [5, 5.41) is 0. The monoisotopic (exact) mass is 203 g/mol. The van der Waals surface area contributed by atoms with E-state index >= 15 is 0 Å². The van der Waals surface area contributed by atoms with E-state index in [0.29, 0.717) is 5.69 Å². The van der Waals surface area contributed by atoms with Gasteiger partial charge in [0.05, 0.1) is 12.2 Å². The highest BCUT2D eigenvalue weighted by molar-refractivity contribution is 5.04. The van der Waals surface area contributed by atoms with Gasteiger partial charge in [0.1, 0.15) is 0 Å². The van der Waals surface area contributed by atoms with Crippen molar-refractivity contribution in [2.24, 2.45) is 0 Å². The van der Waals surface area contributed by atoms with Crippen molar-refractivity contribution in [1.82, 2.24) is 14.5 Å². The molecule has 0 atom stereocenters. The molecule has 0 aliphatic rings. The predicted octanol–water partition coefficient (Wildman–Crippen LogP) is -0.0201. The molecule has 0 saturated carbocycles. The molecule has 0 saturated heterocycles. The molecule has 15 heavy (non-hydrogen) atoms. The predicted molar refractivity (Wildman–Crippen MR) is 54.7 cm³/mol. The molecule has 5 heteroatoms. The topological polar surface area (TPSA) is 67.8 Å². The van der Waals surface area contributed by atoms with Crippen molar-refractivity contribution in [3.8, 4) is 0 Å². The van der Waals surface area contributed by atoms with Crippen LogP contribution in [-0.4, -0.2) is 14.5 Å². The van der Waals surface area contributed by atoms with Gasteiger partial charge in [-0.1, -0.05) is 6.07 Å². The van der Waals surface area contributed by atoms with Crippen molar-refractivity contribution in [3.63, 3.8) is 0 Å². The normalized spacial score (nSPS) is 10.1. The zero-order valence-electron chi connectivity index (χ0n) is 7.88. The molecule has 0 fully saturated rings. The molecule has 0 spiro atoms. The van der Waals surface area contributed by atoms with Gasteiger partial charge >= 0.3 is 5.69 Å². The standard InChI is InChI=1S/C10H9N3O2/c14-9-4-6-12-10(15)13(9)7-8-3-1-2-5-11-8/h1-6H,7H2,(H,12,15).